The molecule has 136 valence electrons. The molecule has 26 heavy (non-hydrogen) atoms. The fourth-order valence-corrected chi connectivity index (χ4v) is 2.57. The van der Waals surface area contributed by atoms with Gasteiger partial charge in [-0.3, -0.25) is 14.9 Å². The first kappa shape index (κ1) is 18.5. The molecule has 2 amide bonds. The van der Waals surface area contributed by atoms with Gasteiger partial charge >= 0.3 is 0 Å². The van der Waals surface area contributed by atoms with Crippen molar-refractivity contribution in [2.75, 3.05) is 18.4 Å². The maximum atomic E-state index is 13.7. The van der Waals surface area contributed by atoms with Crippen molar-refractivity contribution in [1.29, 1.82) is 0 Å². The highest BCUT2D eigenvalue weighted by Crippen LogP contribution is 2.30. The van der Waals surface area contributed by atoms with Crippen LogP contribution in [0, 0.1) is 11.7 Å². The van der Waals surface area contributed by atoms with Gasteiger partial charge in [-0.05, 0) is 37.0 Å². The van der Waals surface area contributed by atoms with Gasteiger partial charge in [0.15, 0.2) is 0 Å². The maximum Gasteiger partial charge on any atom is 0.254 e. The van der Waals surface area contributed by atoms with Gasteiger partial charge in [0, 0.05) is 12.1 Å². The lowest BCUT2D eigenvalue weighted by molar-refractivity contribution is -0.117. The van der Waals surface area contributed by atoms with Gasteiger partial charge in [0.05, 0.1) is 22.4 Å². The van der Waals surface area contributed by atoms with Crippen molar-refractivity contribution in [2.24, 2.45) is 5.92 Å². The summed E-state index contributed by atoms with van der Waals surface area (Å²) in [5.74, 6) is -1.11. The monoisotopic (exact) mass is 396 g/mol. The Hall–Kier alpha value is -2.25. The van der Waals surface area contributed by atoms with Crippen LogP contribution >= 0.6 is 23.2 Å². The third-order valence-corrected chi connectivity index (χ3v) is 4.34. The summed E-state index contributed by atoms with van der Waals surface area (Å²) in [5.41, 5.74) is 0.142. The molecule has 9 heteroatoms. The molecule has 0 radical (unpaired) electrons. The molecule has 6 nitrogen and oxygen atoms in total. The van der Waals surface area contributed by atoms with Crippen LogP contribution in [0.2, 0.25) is 10.0 Å². The number of anilines is 1. The fourth-order valence-electron chi connectivity index (χ4n) is 2.36. The van der Waals surface area contributed by atoms with Gasteiger partial charge in [-0.25, -0.2) is 14.4 Å². The molecule has 0 aliphatic heterocycles. The number of carbonyl (C=O) groups is 2. The number of halogens is 3. The molecule has 0 unspecified atom stereocenters. The van der Waals surface area contributed by atoms with Crippen molar-refractivity contribution in [3.63, 3.8) is 0 Å². The Bertz CT molecular complexity index is 828. The molecule has 3 rings (SSSR count). The first-order valence-electron chi connectivity index (χ1n) is 7.94. The van der Waals surface area contributed by atoms with Crippen LogP contribution < -0.4 is 5.32 Å². The predicted molar refractivity (Wildman–Crippen MR) is 95.7 cm³/mol. The smallest absolute Gasteiger partial charge is 0.254 e. The van der Waals surface area contributed by atoms with Crippen molar-refractivity contribution in [1.82, 2.24) is 14.9 Å². The molecule has 1 fully saturated rings. The number of hydrogen-bond acceptors (Lipinski definition) is 4. The van der Waals surface area contributed by atoms with E-state index in [1.807, 2.05) is 0 Å². The molecule has 0 spiro atoms. The molecule has 1 aliphatic rings. The molecule has 0 atom stereocenters. The highest BCUT2D eigenvalue weighted by atomic mass is 35.5. The average Bonchev–Trinajstić information content (AvgIpc) is 3.42. The molecule has 1 aromatic heterocycles. The van der Waals surface area contributed by atoms with Gasteiger partial charge in [0.1, 0.15) is 12.4 Å². The van der Waals surface area contributed by atoms with E-state index in [0.717, 1.165) is 18.9 Å². The number of hydrogen-bond donors (Lipinski definition) is 1. The Morgan fingerprint density at radius 2 is 1.92 bits per heavy atom. The Kier molecular flexibility index (Phi) is 5.68. The van der Waals surface area contributed by atoms with E-state index in [9.17, 15) is 14.0 Å². The lowest BCUT2D eigenvalue weighted by atomic mass is 10.2. The number of nitrogens with one attached hydrogen (secondary N) is 1. The van der Waals surface area contributed by atoms with Crippen LogP contribution in [0.3, 0.4) is 0 Å². The molecular formula is C17H15Cl2FN4O2. The van der Waals surface area contributed by atoms with Gasteiger partial charge in [0.25, 0.3) is 5.91 Å². The van der Waals surface area contributed by atoms with Gasteiger partial charge in [-0.1, -0.05) is 23.2 Å². The zero-order chi connectivity index (χ0) is 18.7. The topological polar surface area (TPSA) is 75.2 Å². The van der Waals surface area contributed by atoms with E-state index in [1.54, 1.807) is 0 Å². The molecule has 2 aromatic rings. The third kappa shape index (κ3) is 4.89. The lowest BCUT2D eigenvalue weighted by Crippen LogP contribution is -2.39. The van der Waals surface area contributed by atoms with Crippen LogP contribution in [0.25, 0.3) is 0 Å². The van der Waals surface area contributed by atoms with Gasteiger partial charge in [0.2, 0.25) is 11.9 Å². The summed E-state index contributed by atoms with van der Waals surface area (Å²) in [4.78, 5) is 34.1. The van der Waals surface area contributed by atoms with Crippen molar-refractivity contribution < 1.29 is 14.0 Å². The molecule has 1 N–H and O–H groups in total. The Morgan fingerprint density at radius 3 is 2.54 bits per heavy atom. The van der Waals surface area contributed by atoms with Crippen LogP contribution in [-0.4, -0.2) is 39.8 Å². The summed E-state index contributed by atoms with van der Waals surface area (Å²) in [6.07, 6.45) is 4.71. The first-order chi connectivity index (χ1) is 12.4. The Balaban J connectivity index is 1.70. The number of benzene rings is 1. The van der Waals surface area contributed by atoms with Gasteiger partial charge in [-0.2, -0.15) is 0 Å². The van der Waals surface area contributed by atoms with E-state index >= 15 is 0 Å². The second-order valence-corrected chi connectivity index (χ2v) is 6.87. The Morgan fingerprint density at radius 1 is 1.23 bits per heavy atom. The quantitative estimate of drug-likeness (QED) is 0.811. The van der Waals surface area contributed by atoms with Crippen molar-refractivity contribution >= 4 is 41.0 Å². The standard InChI is InChI=1S/C17H15Cl2FN4O2/c18-12-6-21-17(22-7-12)23-15(25)9-24(8-10-1-2-10)16(26)11-3-4-13(19)14(20)5-11/h3-7,10H,1-2,8-9H2,(H,21,22,23,25). The highest BCUT2D eigenvalue weighted by Gasteiger charge is 2.29. The molecular weight excluding hydrogens is 382 g/mol. The van der Waals surface area contributed by atoms with Crippen LogP contribution in [0.1, 0.15) is 23.2 Å². The van der Waals surface area contributed by atoms with E-state index in [1.165, 1.54) is 29.4 Å². The van der Waals surface area contributed by atoms with Crippen molar-refractivity contribution in [3.05, 3.63) is 52.0 Å². The van der Waals surface area contributed by atoms with E-state index in [-0.39, 0.29) is 23.1 Å². The van der Waals surface area contributed by atoms with Crippen molar-refractivity contribution in [3.8, 4) is 0 Å². The summed E-state index contributed by atoms with van der Waals surface area (Å²) in [6, 6.07) is 3.83. The summed E-state index contributed by atoms with van der Waals surface area (Å²) >= 11 is 11.4. The Labute approximate surface area is 159 Å². The molecule has 1 saturated carbocycles. The predicted octanol–water partition coefficient (Wildman–Crippen LogP) is 3.41. The number of aromatic nitrogens is 2. The summed E-state index contributed by atoms with van der Waals surface area (Å²) in [5, 5.41) is 2.79. The lowest BCUT2D eigenvalue weighted by Gasteiger charge is -2.22. The van der Waals surface area contributed by atoms with Gasteiger partial charge < -0.3 is 4.90 Å². The van der Waals surface area contributed by atoms with Crippen molar-refractivity contribution in [2.45, 2.75) is 12.8 Å². The minimum atomic E-state index is -0.678. The van der Waals surface area contributed by atoms with Crippen LogP contribution in [-0.2, 0) is 4.79 Å². The first-order valence-corrected chi connectivity index (χ1v) is 8.69. The zero-order valence-corrected chi connectivity index (χ0v) is 15.1. The SMILES string of the molecule is O=C(CN(CC1CC1)C(=O)c1ccc(Cl)c(F)c1)Nc1ncc(Cl)cn1. The summed E-state index contributed by atoms with van der Waals surface area (Å²) in [7, 11) is 0. The molecule has 1 heterocycles. The third-order valence-electron chi connectivity index (χ3n) is 3.84. The maximum absolute atomic E-state index is 13.7. The zero-order valence-electron chi connectivity index (χ0n) is 13.6. The minimum Gasteiger partial charge on any atom is -0.329 e. The number of nitrogens with zero attached hydrogens (tertiary/aromatic N) is 3. The van der Waals surface area contributed by atoms with Gasteiger partial charge in [-0.15, -0.1) is 0 Å². The number of rotatable bonds is 6. The van der Waals surface area contributed by atoms with E-state index in [2.05, 4.69) is 15.3 Å². The highest BCUT2D eigenvalue weighted by molar-refractivity contribution is 6.31. The number of carbonyl (C=O) groups excluding carboxylic acids is 2. The number of amides is 2. The van der Waals surface area contributed by atoms with Crippen LogP contribution in [0.4, 0.5) is 10.3 Å². The normalized spacial score (nSPS) is 13.3. The second kappa shape index (κ2) is 7.97. The van der Waals surface area contributed by atoms with E-state index in [4.69, 9.17) is 23.2 Å². The van der Waals surface area contributed by atoms with Crippen LogP contribution in [0.5, 0.6) is 0 Å². The van der Waals surface area contributed by atoms with E-state index in [0.29, 0.717) is 17.5 Å². The average molecular weight is 397 g/mol. The largest absolute Gasteiger partial charge is 0.329 e. The second-order valence-electron chi connectivity index (χ2n) is 6.03. The van der Waals surface area contributed by atoms with Crippen LogP contribution in [0.15, 0.2) is 30.6 Å². The van der Waals surface area contributed by atoms with E-state index < -0.39 is 17.6 Å². The molecule has 0 saturated heterocycles. The summed E-state index contributed by atoms with van der Waals surface area (Å²) < 4.78 is 13.7. The fraction of sp³-hybridized carbons (Fsp3) is 0.294. The molecule has 1 aliphatic carbocycles. The molecule has 0 bridgehead atoms. The minimum absolute atomic E-state index is 0.0621. The molecule has 1 aromatic carbocycles. The summed E-state index contributed by atoms with van der Waals surface area (Å²) in [6.45, 7) is 0.240.